The molecule has 2 rings (SSSR count). The number of rotatable bonds is 9. The van der Waals surface area contributed by atoms with Gasteiger partial charge in [-0.25, -0.2) is 0 Å². The van der Waals surface area contributed by atoms with E-state index in [1.54, 1.807) is 0 Å². The molecule has 4 heteroatoms. The standard InChI is InChI=1S/C14H28N2O2/c15-11-14(4-8-17-9-5-14)12-16-6-1-7-18-10-13-2-3-13/h13,16H,1-12,15H2. The summed E-state index contributed by atoms with van der Waals surface area (Å²) in [6.07, 6.45) is 6.03. The van der Waals surface area contributed by atoms with E-state index >= 15 is 0 Å². The van der Waals surface area contributed by atoms with Gasteiger partial charge < -0.3 is 20.5 Å². The van der Waals surface area contributed by atoms with Crippen molar-refractivity contribution in [1.82, 2.24) is 5.32 Å². The van der Waals surface area contributed by atoms with Crippen LogP contribution in [0.15, 0.2) is 0 Å². The summed E-state index contributed by atoms with van der Waals surface area (Å²) in [5.74, 6) is 0.876. The molecular formula is C14H28N2O2. The molecule has 0 unspecified atom stereocenters. The average Bonchev–Trinajstić information content (AvgIpc) is 3.23. The molecule has 1 saturated heterocycles. The van der Waals surface area contributed by atoms with Gasteiger partial charge in [-0.3, -0.25) is 0 Å². The van der Waals surface area contributed by atoms with E-state index in [4.69, 9.17) is 15.2 Å². The minimum atomic E-state index is 0.271. The van der Waals surface area contributed by atoms with E-state index in [0.29, 0.717) is 0 Å². The topological polar surface area (TPSA) is 56.5 Å². The van der Waals surface area contributed by atoms with Gasteiger partial charge in [-0.15, -0.1) is 0 Å². The Balaban J connectivity index is 1.47. The van der Waals surface area contributed by atoms with Gasteiger partial charge in [0.1, 0.15) is 0 Å². The lowest BCUT2D eigenvalue weighted by Gasteiger charge is -2.36. The Morgan fingerprint density at radius 2 is 2.06 bits per heavy atom. The first-order chi connectivity index (χ1) is 8.85. The Morgan fingerprint density at radius 1 is 1.28 bits per heavy atom. The van der Waals surface area contributed by atoms with Crippen molar-refractivity contribution in [3.63, 3.8) is 0 Å². The van der Waals surface area contributed by atoms with Gasteiger partial charge in [0.05, 0.1) is 0 Å². The quantitative estimate of drug-likeness (QED) is 0.608. The lowest BCUT2D eigenvalue weighted by molar-refractivity contribution is 0.0190. The van der Waals surface area contributed by atoms with Gasteiger partial charge in [-0.2, -0.15) is 0 Å². The number of nitrogens with one attached hydrogen (secondary N) is 1. The molecule has 0 amide bonds. The van der Waals surface area contributed by atoms with E-state index in [-0.39, 0.29) is 5.41 Å². The molecule has 0 radical (unpaired) electrons. The molecule has 1 saturated carbocycles. The SMILES string of the molecule is NCC1(CNCCCOCC2CC2)CCOCC1. The summed E-state index contributed by atoms with van der Waals surface area (Å²) < 4.78 is 11.0. The lowest BCUT2D eigenvalue weighted by atomic mass is 9.80. The summed E-state index contributed by atoms with van der Waals surface area (Å²) in [5, 5.41) is 3.54. The third-order valence-electron chi connectivity index (χ3n) is 4.18. The Hall–Kier alpha value is -0.160. The molecule has 3 N–H and O–H groups in total. The van der Waals surface area contributed by atoms with Crippen molar-refractivity contribution in [1.29, 1.82) is 0 Å². The monoisotopic (exact) mass is 256 g/mol. The molecule has 1 heterocycles. The first kappa shape index (κ1) is 14.3. The minimum absolute atomic E-state index is 0.271. The van der Waals surface area contributed by atoms with Crippen molar-refractivity contribution in [3.05, 3.63) is 0 Å². The maximum atomic E-state index is 5.92. The van der Waals surface area contributed by atoms with Crippen molar-refractivity contribution in [2.75, 3.05) is 46.1 Å². The highest BCUT2D eigenvalue weighted by molar-refractivity contribution is 4.84. The van der Waals surface area contributed by atoms with Crippen molar-refractivity contribution < 1.29 is 9.47 Å². The second kappa shape index (κ2) is 7.43. The van der Waals surface area contributed by atoms with Crippen molar-refractivity contribution >= 4 is 0 Å². The van der Waals surface area contributed by atoms with Gasteiger partial charge in [-0.05, 0) is 56.5 Å². The number of nitrogens with two attached hydrogens (primary N) is 1. The first-order valence-corrected chi connectivity index (χ1v) is 7.41. The number of hydrogen-bond donors (Lipinski definition) is 2. The molecule has 106 valence electrons. The lowest BCUT2D eigenvalue weighted by Crippen LogP contribution is -2.44. The average molecular weight is 256 g/mol. The van der Waals surface area contributed by atoms with Crippen LogP contribution in [0.4, 0.5) is 0 Å². The van der Waals surface area contributed by atoms with Crippen LogP contribution in [0.2, 0.25) is 0 Å². The second-order valence-electron chi connectivity index (χ2n) is 5.87. The zero-order chi connectivity index (χ0) is 12.7. The molecule has 1 aliphatic heterocycles. The maximum Gasteiger partial charge on any atom is 0.0494 e. The van der Waals surface area contributed by atoms with Crippen LogP contribution < -0.4 is 11.1 Å². The molecule has 0 spiro atoms. The summed E-state index contributed by atoms with van der Waals surface area (Å²) in [6.45, 7) is 6.42. The Bertz CT molecular complexity index is 226. The Morgan fingerprint density at radius 3 is 2.72 bits per heavy atom. The summed E-state index contributed by atoms with van der Waals surface area (Å²) in [4.78, 5) is 0. The third-order valence-corrected chi connectivity index (χ3v) is 4.18. The van der Waals surface area contributed by atoms with Crippen LogP contribution in [0.1, 0.15) is 32.1 Å². The Kier molecular flexibility index (Phi) is 5.89. The third kappa shape index (κ3) is 4.84. The van der Waals surface area contributed by atoms with Crippen LogP contribution in [0.5, 0.6) is 0 Å². The molecule has 2 aliphatic rings. The maximum absolute atomic E-state index is 5.92. The highest BCUT2D eigenvalue weighted by Gasteiger charge is 2.30. The van der Waals surface area contributed by atoms with Crippen LogP contribution in [0.3, 0.4) is 0 Å². The summed E-state index contributed by atoms with van der Waals surface area (Å²) in [7, 11) is 0. The van der Waals surface area contributed by atoms with Crippen LogP contribution in [-0.4, -0.2) is 46.1 Å². The van der Waals surface area contributed by atoms with Crippen LogP contribution in [0.25, 0.3) is 0 Å². The highest BCUT2D eigenvalue weighted by Crippen LogP contribution is 2.29. The fraction of sp³-hybridized carbons (Fsp3) is 1.00. The van der Waals surface area contributed by atoms with E-state index in [1.807, 2.05) is 0 Å². The van der Waals surface area contributed by atoms with Crippen LogP contribution in [0, 0.1) is 11.3 Å². The zero-order valence-corrected chi connectivity index (χ0v) is 11.5. The van der Waals surface area contributed by atoms with E-state index < -0.39 is 0 Å². The fourth-order valence-electron chi connectivity index (χ4n) is 2.44. The van der Waals surface area contributed by atoms with Crippen molar-refractivity contribution in [2.45, 2.75) is 32.1 Å². The van der Waals surface area contributed by atoms with E-state index in [0.717, 1.165) is 71.2 Å². The first-order valence-electron chi connectivity index (χ1n) is 7.41. The number of ether oxygens (including phenoxy) is 2. The molecule has 4 nitrogen and oxygen atoms in total. The largest absolute Gasteiger partial charge is 0.381 e. The van der Waals surface area contributed by atoms with E-state index in [1.165, 1.54) is 12.8 Å². The zero-order valence-electron chi connectivity index (χ0n) is 11.5. The molecule has 1 aliphatic carbocycles. The normalized spacial score (nSPS) is 23.2. The number of hydrogen-bond acceptors (Lipinski definition) is 4. The van der Waals surface area contributed by atoms with Gasteiger partial charge in [0.15, 0.2) is 0 Å². The van der Waals surface area contributed by atoms with E-state index in [2.05, 4.69) is 5.32 Å². The van der Waals surface area contributed by atoms with Gasteiger partial charge in [0.25, 0.3) is 0 Å². The summed E-state index contributed by atoms with van der Waals surface area (Å²) in [6, 6.07) is 0. The van der Waals surface area contributed by atoms with Gasteiger partial charge >= 0.3 is 0 Å². The molecule has 0 aromatic carbocycles. The molecule has 2 fully saturated rings. The summed E-state index contributed by atoms with van der Waals surface area (Å²) >= 11 is 0. The molecular weight excluding hydrogens is 228 g/mol. The Labute approximate surface area is 111 Å². The van der Waals surface area contributed by atoms with E-state index in [9.17, 15) is 0 Å². The molecule has 18 heavy (non-hydrogen) atoms. The predicted molar refractivity (Wildman–Crippen MR) is 72.6 cm³/mol. The fourth-order valence-corrected chi connectivity index (χ4v) is 2.44. The summed E-state index contributed by atoms with van der Waals surface area (Å²) in [5.41, 5.74) is 6.19. The predicted octanol–water partition coefficient (Wildman–Crippen LogP) is 1.15. The van der Waals surface area contributed by atoms with Gasteiger partial charge in [0.2, 0.25) is 0 Å². The molecule has 0 atom stereocenters. The highest BCUT2D eigenvalue weighted by atomic mass is 16.5. The molecule has 0 bridgehead atoms. The minimum Gasteiger partial charge on any atom is -0.381 e. The van der Waals surface area contributed by atoms with Crippen LogP contribution in [-0.2, 0) is 9.47 Å². The van der Waals surface area contributed by atoms with Crippen molar-refractivity contribution in [2.24, 2.45) is 17.1 Å². The van der Waals surface area contributed by atoms with Crippen molar-refractivity contribution in [3.8, 4) is 0 Å². The second-order valence-corrected chi connectivity index (χ2v) is 5.87. The molecule has 0 aromatic heterocycles. The molecule has 0 aromatic rings. The van der Waals surface area contributed by atoms with Gasteiger partial charge in [-0.1, -0.05) is 0 Å². The van der Waals surface area contributed by atoms with Crippen LogP contribution >= 0.6 is 0 Å². The smallest absolute Gasteiger partial charge is 0.0494 e. The van der Waals surface area contributed by atoms with Gasteiger partial charge in [0, 0.05) is 33.0 Å².